The van der Waals surface area contributed by atoms with Gasteiger partial charge in [0.2, 0.25) is 5.91 Å². The van der Waals surface area contributed by atoms with Crippen molar-refractivity contribution in [2.75, 3.05) is 13.2 Å². The third kappa shape index (κ3) is 6.26. The smallest absolute Gasteiger partial charge is 0.237 e. The molecule has 4 rings (SSSR count). The van der Waals surface area contributed by atoms with Crippen molar-refractivity contribution < 1.29 is 23.8 Å². The van der Waals surface area contributed by atoms with Crippen LogP contribution in [0.2, 0.25) is 10.0 Å². The van der Waals surface area contributed by atoms with Crippen molar-refractivity contribution in [2.45, 2.75) is 81.5 Å². The number of rotatable bonds is 9. The fraction of sp³-hybridized carbons (Fsp3) is 0.552. The number of nitrogens with two attached hydrogens (primary N) is 1. The van der Waals surface area contributed by atoms with Gasteiger partial charge in [0.25, 0.3) is 0 Å². The van der Waals surface area contributed by atoms with Gasteiger partial charge in [-0.25, -0.2) is 8.78 Å². The normalized spacial score (nSPS) is 27.3. The summed E-state index contributed by atoms with van der Waals surface area (Å²) in [5.41, 5.74) is 5.88. The first kappa shape index (κ1) is 30.2. The number of amides is 1. The van der Waals surface area contributed by atoms with Gasteiger partial charge in [0.1, 0.15) is 11.6 Å². The first-order valence-electron chi connectivity index (χ1n) is 13.5. The summed E-state index contributed by atoms with van der Waals surface area (Å²) in [4.78, 5) is 13.6. The van der Waals surface area contributed by atoms with E-state index >= 15 is 8.78 Å². The van der Waals surface area contributed by atoms with Crippen LogP contribution in [0.4, 0.5) is 8.78 Å². The van der Waals surface area contributed by atoms with Crippen LogP contribution in [0.25, 0.3) is 0 Å². The molecule has 2 aliphatic rings. The Labute approximate surface area is 238 Å². The fourth-order valence-corrected chi connectivity index (χ4v) is 6.80. The number of carbonyl (C=O) groups is 1. The summed E-state index contributed by atoms with van der Waals surface area (Å²) in [6.07, 6.45) is 4.92. The van der Waals surface area contributed by atoms with Crippen molar-refractivity contribution in [3.05, 3.63) is 69.2 Å². The molecule has 0 aromatic heterocycles. The zero-order valence-corrected chi connectivity index (χ0v) is 23.5. The molecule has 214 valence electrons. The fourth-order valence-electron chi connectivity index (χ4n) is 6.46. The van der Waals surface area contributed by atoms with E-state index < -0.39 is 53.8 Å². The van der Waals surface area contributed by atoms with Crippen molar-refractivity contribution in [3.8, 4) is 0 Å². The van der Waals surface area contributed by atoms with Crippen LogP contribution < -0.4 is 16.4 Å². The molecule has 0 unspecified atom stereocenters. The van der Waals surface area contributed by atoms with Crippen LogP contribution in [-0.2, 0) is 10.3 Å². The third-order valence-corrected chi connectivity index (χ3v) is 9.07. The molecular weight excluding hydrogens is 547 g/mol. The molecule has 10 heteroatoms. The number of nitrogens with one attached hydrogen (secondary N) is 2. The molecule has 1 aliphatic heterocycles. The molecule has 2 fully saturated rings. The highest BCUT2D eigenvalue weighted by atomic mass is 35.5. The molecule has 1 saturated carbocycles. The van der Waals surface area contributed by atoms with E-state index in [0.717, 1.165) is 32.1 Å². The summed E-state index contributed by atoms with van der Waals surface area (Å²) in [5.74, 6) is -2.84. The quantitative estimate of drug-likeness (QED) is 0.292. The van der Waals surface area contributed by atoms with Gasteiger partial charge >= 0.3 is 0 Å². The predicted octanol–water partition coefficient (Wildman–Crippen LogP) is 4.77. The lowest BCUT2D eigenvalue weighted by Crippen LogP contribution is -2.53. The van der Waals surface area contributed by atoms with Crippen molar-refractivity contribution in [1.29, 1.82) is 0 Å². The van der Waals surface area contributed by atoms with Crippen LogP contribution in [0.5, 0.6) is 0 Å². The highest BCUT2D eigenvalue weighted by Gasteiger charge is 2.59. The van der Waals surface area contributed by atoms with E-state index in [2.05, 4.69) is 17.6 Å². The maximum Gasteiger partial charge on any atom is 0.237 e. The Morgan fingerprint density at radius 2 is 1.92 bits per heavy atom. The lowest BCUT2D eigenvalue weighted by Gasteiger charge is -2.42. The number of hydrogen-bond donors (Lipinski definition) is 5. The van der Waals surface area contributed by atoms with Crippen LogP contribution in [0, 0.1) is 17.0 Å². The second kappa shape index (κ2) is 12.4. The summed E-state index contributed by atoms with van der Waals surface area (Å²) in [6.45, 7) is 1.83. The zero-order chi connectivity index (χ0) is 28.4. The number of carbonyl (C=O) groups excluding carboxylic acids is 1. The molecule has 0 radical (unpaired) electrons. The van der Waals surface area contributed by atoms with Gasteiger partial charge in [-0.05, 0) is 54.9 Å². The Bertz CT molecular complexity index is 1180. The average Bonchev–Trinajstić information content (AvgIpc) is 3.17. The highest BCUT2D eigenvalue weighted by Crippen LogP contribution is 2.51. The molecule has 0 bridgehead atoms. The summed E-state index contributed by atoms with van der Waals surface area (Å²) in [5, 5.41) is 25.1. The van der Waals surface area contributed by atoms with Crippen molar-refractivity contribution in [2.24, 2.45) is 11.1 Å². The molecule has 1 saturated heterocycles. The molecule has 2 aromatic carbocycles. The number of aliphatic hydroxyl groups is 2. The van der Waals surface area contributed by atoms with Gasteiger partial charge in [0, 0.05) is 29.1 Å². The van der Waals surface area contributed by atoms with Crippen LogP contribution in [-0.4, -0.2) is 47.5 Å². The standard InChI is InChI=1S/C29H37Cl2F2N3O3/c1-28(11-3-2-4-12-28)15-23-29(34,20-9-8-17(30)14-22(20)32)24(19-6-5-7-21(31)25(19)33)26(36-23)27(39)35-13-10-18(38)16-37/h5-9,14,18,23-24,26,36-38H,2-4,10-13,15-16,34H2,1H3,(H,35,39)/t18-,23-,24-,26+,29+/m0/s1. The van der Waals surface area contributed by atoms with Gasteiger partial charge in [-0.15, -0.1) is 0 Å². The summed E-state index contributed by atoms with van der Waals surface area (Å²) in [7, 11) is 0. The Morgan fingerprint density at radius 1 is 1.21 bits per heavy atom. The summed E-state index contributed by atoms with van der Waals surface area (Å²) >= 11 is 12.3. The Balaban J connectivity index is 1.83. The van der Waals surface area contributed by atoms with E-state index in [1.165, 1.54) is 24.3 Å². The maximum absolute atomic E-state index is 15.7. The molecule has 1 heterocycles. The molecule has 0 spiro atoms. The summed E-state index contributed by atoms with van der Waals surface area (Å²) < 4.78 is 31.3. The van der Waals surface area contributed by atoms with E-state index in [9.17, 15) is 9.90 Å². The topological polar surface area (TPSA) is 108 Å². The van der Waals surface area contributed by atoms with E-state index in [1.54, 1.807) is 12.1 Å². The molecule has 1 amide bonds. The number of benzene rings is 2. The monoisotopic (exact) mass is 583 g/mol. The minimum absolute atomic E-state index is 0.0821. The van der Waals surface area contributed by atoms with Gasteiger partial charge in [-0.2, -0.15) is 0 Å². The van der Waals surface area contributed by atoms with Gasteiger partial charge in [0.05, 0.1) is 29.3 Å². The molecule has 6 nitrogen and oxygen atoms in total. The van der Waals surface area contributed by atoms with Crippen LogP contribution in [0.1, 0.15) is 68.9 Å². The largest absolute Gasteiger partial charge is 0.394 e. The van der Waals surface area contributed by atoms with Crippen molar-refractivity contribution in [3.63, 3.8) is 0 Å². The highest BCUT2D eigenvalue weighted by molar-refractivity contribution is 6.31. The number of aliphatic hydroxyl groups excluding tert-OH is 2. The van der Waals surface area contributed by atoms with Gasteiger partial charge < -0.3 is 26.6 Å². The number of hydrogen-bond acceptors (Lipinski definition) is 5. The molecular formula is C29H37Cl2F2N3O3. The molecule has 39 heavy (non-hydrogen) atoms. The van der Waals surface area contributed by atoms with E-state index in [1.807, 2.05) is 0 Å². The lowest BCUT2D eigenvalue weighted by atomic mass is 9.65. The van der Waals surface area contributed by atoms with Crippen LogP contribution >= 0.6 is 23.2 Å². The zero-order valence-electron chi connectivity index (χ0n) is 22.0. The van der Waals surface area contributed by atoms with E-state index in [0.29, 0.717) is 6.42 Å². The second-order valence-electron chi connectivity index (χ2n) is 11.4. The van der Waals surface area contributed by atoms with Crippen LogP contribution in [0.3, 0.4) is 0 Å². The Morgan fingerprint density at radius 3 is 2.59 bits per heavy atom. The lowest BCUT2D eigenvalue weighted by molar-refractivity contribution is -0.123. The summed E-state index contributed by atoms with van der Waals surface area (Å²) in [6, 6.07) is 7.16. The Kier molecular flexibility index (Phi) is 9.56. The van der Waals surface area contributed by atoms with E-state index in [-0.39, 0.29) is 39.6 Å². The maximum atomic E-state index is 15.7. The number of halogens is 4. The molecule has 6 N–H and O–H groups in total. The molecule has 2 aromatic rings. The molecule has 1 aliphatic carbocycles. The van der Waals surface area contributed by atoms with Crippen LogP contribution in [0.15, 0.2) is 36.4 Å². The van der Waals surface area contributed by atoms with E-state index in [4.69, 9.17) is 34.0 Å². The molecule has 5 atom stereocenters. The first-order valence-corrected chi connectivity index (χ1v) is 14.3. The minimum atomic E-state index is -1.53. The minimum Gasteiger partial charge on any atom is -0.394 e. The van der Waals surface area contributed by atoms with Gasteiger partial charge in [-0.1, -0.05) is 67.6 Å². The van der Waals surface area contributed by atoms with Gasteiger partial charge in [0.15, 0.2) is 0 Å². The van der Waals surface area contributed by atoms with Crippen molar-refractivity contribution in [1.82, 2.24) is 10.6 Å². The first-order chi connectivity index (χ1) is 18.5. The second-order valence-corrected chi connectivity index (χ2v) is 12.2. The SMILES string of the molecule is CC1(C[C@@H]2N[C@@H](C(=O)NCC[C@H](O)CO)[C@H](c3cccc(Cl)c3F)[C@@]2(N)c2ccc(Cl)cc2F)CCCCC1. The predicted molar refractivity (Wildman–Crippen MR) is 149 cm³/mol. The van der Waals surface area contributed by atoms with Crippen molar-refractivity contribution >= 4 is 29.1 Å². The van der Waals surface area contributed by atoms with Gasteiger partial charge in [-0.3, -0.25) is 4.79 Å². The third-order valence-electron chi connectivity index (χ3n) is 8.55. The Hall–Kier alpha value is -1.81. The average molecular weight is 585 g/mol.